The maximum atomic E-state index is 5.98. The summed E-state index contributed by atoms with van der Waals surface area (Å²) in [6, 6.07) is 12.8. The predicted molar refractivity (Wildman–Crippen MR) is 78.7 cm³/mol. The van der Waals surface area contributed by atoms with Crippen molar-refractivity contribution in [2.75, 3.05) is 13.7 Å². The first-order valence-electron chi connectivity index (χ1n) is 7.21. The van der Waals surface area contributed by atoms with Crippen molar-refractivity contribution in [1.82, 2.24) is 5.32 Å². The van der Waals surface area contributed by atoms with Crippen molar-refractivity contribution in [1.29, 1.82) is 0 Å². The molecule has 0 aliphatic carbocycles. The lowest BCUT2D eigenvalue weighted by Gasteiger charge is -2.28. The van der Waals surface area contributed by atoms with Crippen LogP contribution in [0, 0.1) is 6.92 Å². The number of rotatable bonds is 4. The molecule has 0 saturated heterocycles. The van der Waals surface area contributed by atoms with Crippen LogP contribution < -0.4 is 5.32 Å². The molecular weight excluding hydrogens is 250 g/mol. The van der Waals surface area contributed by atoms with Crippen LogP contribution in [0.3, 0.4) is 0 Å². The topological polar surface area (TPSA) is 34.4 Å². The second-order valence-electron chi connectivity index (χ2n) is 5.33. The summed E-state index contributed by atoms with van der Waals surface area (Å²) in [7, 11) is 1.97. The summed E-state index contributed by atoms with van der Waals surface area (Å²) in [5, 5.41) is 3.34. The van der Waals surface area contributed by atoms with Crippen molar-refractivity contribution >= 4 is 0 Å². The average Bonchev–Trinajstić information content (AvgIpc) is 2.91. The summed E-state index contributed by atoms with van der Waals surface area (Å²) in [4.78, 5) is 0. The van der Waals surface area contributed by atoms with E-state index in [2.05, 4.69) is 29.6 Å². The number of hydrogen-bond donors (Lipinski definition) is 1. The van der Waals surface area contributed by atoms with Crippen LogP contribution in [-0.2, 0) is 11.2 Å². The summed E-state index contributed by atoms with van der Waals surface area (Å²) >= 11 is 0. The van der Waals surface area contributed by atoms with Gasteiger partial charge in [0.25, 0.3) is 0 Å². The van der Waals surface area contributed by atoms with Gasteiger partial charge in [-0.25, -0.2) is 0 Å². The third-order valence-electron chi connectivity index (χ3n) is 4.00. The molecule has 106 valence electrons. The molecule has 3 nitrogen and oxygen atoms in total. The van der Waals surface area contributed by atoms with E-state index in [-0.39, 0.29) is 12.1 Å². The molecule has 1 aromatic heterocycles. The molecule has 0 spiro atoms. The van der Waals surface area contributed by atoms with Gasteiger partial charge in [0.2, 0.25) is 0 Å². The van der Waals surface area contributed by atoms with E-state index in [1.165, 1.54) is 11.1 Å². The van der Waals surface area contributed by atoms with Crippen molar-refractivity contribution in [2.24, 2.45) is 0 Å². The van der Waals surface area contributed by atoms with E-state index >= 15 is 0 Å². The highest BCUT2D eigenvalue weighted by molar-refractivity contribution is 5.31. The number of aryl methyl sites for hydroxylation is 1. The number of benzene rings is 1. The summed E-state index contributed by atoms with van der Waals surface area (Å²) < 4.78 is 11.7. The molecule has 0 amide bonds. The molecule has 2 unspecified atom stereocenters. The van der Waals surface area contributed by atoms with E-state index in [1.54, 1.807) is 0 Å². The van der Waals surface area contributed by atoms with Gasteiger partial charge in [-0.05, 0) is 43.7 Å². The highest BCUT2D eigenvalue weighted by Gasteiger charge is 2.25. The zero-order chi connectivity index (χ0) is 13.9. The first-order valence-corrected chi connectivity index (χ1v) is 7.21. The standard InChI is InChI=1S/C17H21NO2/c1-12-7-8-16(20-12)15(18-2)11-17-14-6-4-3-5-13(14)9-10-19-17/h3-8,15,17-18H,9-11H2,1-2H3. The Bertz CT molecular complexity index is 576. The third kappa shape index (κ3) is 2.65. The minimum Gasteiger partial charge on any atom is -0.465 e. The summed E-state index contributed by atoms with van der Waals surface area (Å²) in [6.45, 7) is 2.78. The Kier molecular flexibility index (Phi) is 3.90. The zero-order valence-electron chi connectivity index (χ0n) is 12.1. The smallest absolute Gasteiger partial charge is 0.121 e. The van der Waals surface area contributed by atoms with Gasteiger partial charge in [-0.3, -0.25) is 0 Å². The van der Waals surface area contributed by atoms with E-state index in [0.717, 1.165) is 31.0 Å². The lowest BCUT2D eigenvalue weighted by atomic mass is 9.93. The number of hydrogen-bond acceptors (Lipinski definition) is 3. The molecule has 2 aromatic rings. The summed E-state index contributed by atoms with van der Waals surface area (Å²) in [6.07, 6.45) is 2.04. The van der Waals surface area contributed by atoms with Gasteiger partial charge in [0.05, 0.1) is 18.8 Å². The number of fused-ring (bicyclic) bond motifs is 1. The molecule has 0 fully saturated rings. The van der Waals surface area contributed by atoms with Gasteiger partial charge in [0.15, 0.2) is 0 Å². The van der Waals surface area contributed by atoms with Gasteiger partial charge in [-0.1, -0.05) is 24.3 Å². The minimum absolute atomic E-state index is 0.141. The van der Waals surface area contributed by atoms with Crippen LogP contribution >= 0.6 is 0 Å². The zero-order valence-corrected chi connectivity index (χ0v) is 12.1. The average molecular weight is 271 g/mol. The maximum Gasteiger partial charge on any atom is 0.121 e. The highest BCUT2D eigenvalue weighted by Crippen LogP contribution is 2.34. The van der Waals surface area contributed by atoms with Gasteiger partial charge < -0.3 is 14.5 Å². The quantitative estimate of drug-likeness (QED) is 0.923. The van der Waals surface area contributed by atoms with Gasteiger partial charge >= 0.3 is 0 Å². The molecule has 2 atom stereocenters. The van der Waals surface area contributed by atoms with Crippen molar-refractivity contribution in [3.63, 3.8) is 0 Å². The fourth-order valence-electron chi connectivity index (χ4n) is 2.90. The first-order chi connectivity index (χ1) is 9.78. The van der Waals surface area contributed by atoms with Crippen LogP contribution in [-0.4, -0.2) is 13.7 Å². The van der Waals surface area contributed by atoms with E-state index in [4.69, 9.17) is 9.15 Å². The number of nitrogens with one attached hydrogen (secondary N) is 1. The van der Waals surface area contributed by atoms with Crippen molar-refractivity contribution in [3.8, 4) is 0 Å². The predicted octanol–water partition coefficient (Wildman–Crippen LogP) is 3.55. The summed E-state index contributed by atoms with van der Waals surface area (Å²) in [5.74, 6) is 1.93. The molecule has 3 heteroatoms. The molecule has 0 saturated carbocycles. The molecule has 2 heterocycles. The normalized spacial score (nSPS) is 19.6. The van der Waals surface area contributed by atoms with E-state index in [9.17, 15) is 0 Å². The van der Waals surface area contributed by atoms with Crippen LogP contribution in [0.2, 0.25) is 0 Å². The molecule has 1 aliphatic heterocycles. The Balaban J connectivity index is 1.80. The lowest BCUT2D eigenvalue weighted by molar-refractivity contribution is 0.0282. The first kappa shape index (κ1) is 13.4. The van der Waals surface area contributed by atoms with Gasteiger partial charge in [-0.2, -0.15) is 0 Å². The van der Waals surface area contributed by atoms with E-state index in [1.807, 2.05) is 26.1 Å². The monoisotopic (exact) mass is 271 g/mol. The van der Waals surface area contributed by atoms with Crippen LogP contribution in [0.5, 0.6) is 0 Å². The van der Waals surface area contributed by atoms with E-state index < -0.39 is 0 Å². The van der Waals surface area contributed by atoms with Crippen LogP contribution in [0.15, 0.2) is 40.8 Å². The fraction of sp³-hybridized carbons (Fsp3) is 0.412. The number of ether oxygens (including phenoxy) is 1. The fourth-order valence-corrected chi connectivity index (χ4v) is 2.90. The molecular formula is C17H21NO2. The maximum absolute atomic E-state index is 5.98. The van der Waals surface area contributed by atoms with Crippen molar-refractivity contribution in [2.45, 2.75) is 31.9 Å². The van der Waals surface area contributed by atoms with Gasteiger partial charge in [0.1, 0.15) is 11.5 Å². The molecule has 1 N–H and O–H groups in total. The Labute approximate surface area is 119 Å². The molecule has 1 aliphatic rings. The Morgan fingerprint density at radius 2 is 2.10 bits per heavy atom. The van der Waals surface area contributed by atoms with E-state index in [0.29, 0.717) is 0 Å². The molecule has 3 rings (SSSR count). The van der Waals surface area contributed by atoms with Crippen LogP contribution in [0.1, 0.15) is 41.2 Å². The second kappa shape index (κ2) is 5.81. The molecule has 0 radical (unpaired) electrons. The Hall–Kier alpha value is -1.58. The van der Waals surface area contributed by atoms with Gasteiger partial charge in [0, 0.05) is 6.42 Å². The summed E-state index contributed by atoms with van der Waals surface area (Å²) in [5.41, 5.74) is 2.73. The Morgan fingerprint density at radius 3 is 2.85 bits per heavy atom. The molecule has 20 heavy (non-hydrogen) atoms. The van der Waals surface area contributed by atoms with Crippen molar-refractivity contribution < 1.29 is 9.15 Å². The molecule has 1 aromatic carbocycles. The Morgan fingerprint density at radius 1 is 1.25 bits per heavy atom. The second-order valence-corrected chi connectivity index (χ2v) is 5.33. The molecule has 0 bridgehead atoms. The van der Waals surface area contributed by atoms with Crippen molar-refractivity contribution in [3.05, 3.63) is 59.0 Å². The SMILES string of the molecule is CNC(CC1OCCc2ccccc21)c1ccc(C)o1. The van der Waals surface area contributed by atoms with Crippen LogP contribution in [0.25, 0.3) is 0 Å². The highest BCUT2D eigenvalue weighted by atomic mass is 16.5. The van der Waals surface area contributed by atoms with Gasteiger partial charge in [-0.15, -0.1) is 0 Å². The minimum atomic E-state index is 0.141. The lowest BCUT2D eigenvalue weighted by Crippen LogP contribution is -2.23. The van der Waals surface area contributed by atoms with Crippen LogP contribution in [0.4, 0.5) is 0 Å². The third-order valence-corrected chi connectivity index (χ3v) is 4.00. The number of furan rings is 1. The largest absolute Gasteiger partial charge is 0.465 e.